The summed E-state index contributed by atoms with van der Waals surface area (Å²) in [6.45, 7) is 2.25. The summed E-state index contributed by atoms with van der Waals surface area (Å²) in [5.74, 6) is 0.472. The molecular formula is C12H17N3O. The maximum atomic E-state index is 12.1. The second kappa shape index (κ2) is 5.07. The van der Waals surface area contributed by atoms with Gasteiger partial charge in [0.1, 0.15) is 5.69 Å². The van der Waals surface area contributed by atoms with E-state index in [0.717, 1.165) is 25.9 Å². The highest BCUT2D eigenvalue weighted by Gasteiger charge is 2.23. The zero-order chi connectivity index (χ0) is 11.4. The van der Waals surface area contributed by atoms with Gasteiger partial charge in [0.2, 0.25) is 0 Å². The molecule has 0 bridgehead atoms. The smallest absolute Gasteiger partial charge is 0.272 e. The van der Waals surface area contributed by atoms with Crippen LogP contribution in [0.4, 0.5) is 0 Å². The highest BCUT2D eigenvalue weighted by molar-refractivity contribution is 5.92. The summed E-state index contributed by atoms with van der Waals surface area (Å²) < 4.78 is 0. The van der Waals surface area contributed by atoms with E-state index in [2.05, 4.69) is 4.98 Å². The first-order valence-electron chi connectivity index (χ1n) is 5.71. The van der Waals surface area contributed by atoms with Gasteiger partial charge in [-0.1, -0.05) is 6.07 Å². The largest absolute Gasteiger partial charge is 0.337 e. The van der Waals surface area contributed by atoms with E-state index in [-0.39, 0.29) is 5.91 Å². The van der Waals surface area contributed by atoms with E-state index in [9.17, 15) is 4.79 Å². The van der Waals surface area contributed by atoms with Gasteiger partial charge in [-0.25, -0.2) is 0 Å². The fourth-order valence-electron chi connectivity index (χ4n) is 2.09. The Kier molecular flexibility index (Phi) is 3.51. The van der Waals surface area contributed by atoms with E-state index in [1.165, 1.54) is 0 Å². The predicted molar refractivity (Wildman–Crippen MR) is 61.9 cm³/mol. The summed E-state index contributed by atoms with van der Waals surface area (Å²) in [4.78, 5) is 18.0. The highest BCUT2D eigenvalue weighted by Crippen LogP contribution is 2.16. The van der Waals surface area contributed by atoms with Crippen molar-refractivity contribution >= 4 is 5.91 Å². The average molecular weight is 219 g/mol. The Hall–Kier alpha value is -1.42. The molecule has 2 heterocycles. The van der Waals surface area contributed by atoms with Crippen molar-refractivity contribution in [3.8, 4) is 0 Å². The molecule has 1 amide bonds. The molecule has 0 spiro atoms. The number of amides is 1. The standard InChI is InChI=1S/C12H17N3O/c13-8-10-4-3-7-15(9-10)12(16)11-5-1-2-6-14-11/h1-2,5-6,10H,3-4,7-9,13H2. The van der Waals surface area contributed by atoms with Crippen LogP contribution in [0.15, 0.2) is 24.4 Å². The third kappa shape index (κ3) is 2.39. The minimum atomic E-state index is 0.0266. The van der Waals surface area contributed by atoms with E-state index in [0.29, 0.717) is 18.2 Å². The molecule has 0 saturated carbocycles. The lowest BCUT2D eigenvalue weighted by Gasteiger charge is -2.31. The molecule has 16 heavy (non-hydrogen) atoms. The predicted octanol–water partition coefficient (Wildman–Crippen LogP) is 0.893. The third-order valence-corrected chi connectivity index (χ3v) is 3.02. The van der Waals surface area contributed by atoms with Crippen LogP contribution in [0.1, 0.15) is 23.3 Å². The molecule has 2 N–H and O–H groups in total. The molecule has 1 aromatic rings. The Balaban J connectivity index is 2.05. The van der Waals surface area contributed by atoms with E-state index >= 15 is 0 Å². The summed E-state index contributed by atoms with van der Waals surface area (Å²) >= 11 is 0. The van der Waals surface area contributed by atoms with Gasteiger partial charge in [-0.05, 0) is 37.4 Å². The molecule has 0 radical (unpaired) electrons. The summed E-state index contributed by atoms with van der Waals surface area (Å²) in [6, 6.07) is 5.41. The van der Waals surface area contributed by atoms with Crippen LogP contribution >= 0.6 is 0 Å². The van der Waals surface area contributed by atoms with Crippen LogP contribution in [-0.2, 0) is 0 Å². The van der Waals surface area contributed by atoms with Crippen molar-refractivity contribution < 1.29 is 4.79 Å². The topological polar surface area (TPSA) is 59.2 Å². The Morgan fingerprint density at radius 2 is 2.44 bits per heavy atom. The first kappa shape index (κ1) is 11.1. The molecule has 86 valence electrons. The Labute approximate surface area is 95.5 Å². The van der Waals surface area contributed by atoms with Crippen molar-refractivity contribution in [2.75, 3.05) is 19.6 Å². The lowest BCUT2D eigenvalue weighted by Crippen LogP contribution is -2.42. The molecule has 1 fully saturated rings. The van der Waals surface area contributed by atoms with E-state index < -0.39 is 0 Å². The molecule has 1 unspecified atom stereocenters. The van der Waals surface area contributed by atoms with Gasteiger partial charge in [-0.3, -0.25) is 9.78 Å². The summed E-state index contributed by atoms with van der Waals surface area (Å²) in [5.41, 5.74) is 6.18. The maximum absolute atomic E-state index is 12.1. The minimum Gasteiger partial charge on any atom is -0.337 e. The fourth-order valence-corrected chi connectivity index (χ4v) is 2.09. The quantitative estimate of drug-likeness (QED) is 0.803. The molecule has 0 aliphatic carbocycles. The van der Waals surface area contributed by atoms with Gasteiger partial charge in [-0.15, -0.1) is 0 Å². The second-order valence-corrected chi connectivity index (χ2v) is 4.21. The third-order valence-electron chi connectivity index (χ3n) is 3.02. The van der Waals surface area contributed by atoms with Crippen molar-refractivity contribution in [2.24, 2.45) is 11.7 Å². The van der Waals surface area contributed by atoms with Crippen molar-refractivity contribution in [2.45, 2.75) is 12.8 Å². The van der Waals surface area contributed by atoms with Crippen molar-refractivity contribution in [3.63, 3.8) is 0 Å². The molecule has 1 aromatic heterocycles. The number of piperidine rings is 1. The molecule has 2 rings (SSSR count). The molecule has 4 heteroatoms. The van der Waals surface area contributed by atoms with Crippen LogP contribution in [0.3, 0.4) is 0 Å². The summed E-state index contributed by atoms with van der Waals surface area (Å²) in [7, 11) is 0. The summed E-state index contributed by atoms with van der Waals surface area (Å²) in [5, 5.41) is 0. The lowest BCUT2D eigenvalue weighted by atomic mass is 9.98. The number of aromatic nitrogens is 1. The molecule has 1 saturated heterocycles. The number of carbonyl (C=O) groups excluding carboxylic acids is 1. The Morgan fingerprint density at radius 1 is 1.56 bits per heavy atom. The number of likely N-dealkylation sites (tertiary alicyclic amines) is 1. The number of hydrogen-bond donors (Lipinski definition) is 1. The van der Waals surface area contributed by atoms with Crippen LogP contribution in [0.2, 0.25) is 0 Å². The van der Waals surface area contributed by atoms with E-state index in [4.69, 9.17) is 5.73 Å². The van der Waals surface area contributed by atoms with E-state index in [1.54, 1.807) is 12.3 Å². The normalized spacial score (nSPS) is 20.8. The Bertz CT molecular complexity index is 353. The number of pyridine rings is 1. The average Bonchev–Trinajstić information content (AvgIpc) is 2.39. The van der Waals surface area contributed by atoms with Crippen LogP contribution in [0, 0.1) is 5.92 Å². The second-order valence-electron chi connectivity index (χ2n) is 4.21. The van der Waals surface area contributed by atoms with Gasteiger partial charge in [0.15, 0.2) is 0 Å². The first-order chi connectivity index (χ1) is 7.81. The first-order valence-corrected chi connectivity index (χ1v) is 5.71. The van der Waals surface area contributed by atoms with Crippen LogP contribution < -0.4 is 5.73 Å². The monoisotopic (exact) mass is 219 g/mol. The van der Waals surface area contributed by atoms with Gasteiger partial charge in [0, 0.05) is 19.3 Å². The van der Waals surface area contributed by atoms with Gasteiger partial charge in [0.25, 0.3) is 5.91 Å². The fraction of sp³-hybridized carbons (Fsp3) is 0.500. The van der Waals surface area contributed by atoms with Crippen molar-refractivity contribution in [1.82, 2.24) is 9.88 Å². The molecule has 0 aromatic carbocycles. The zero-order valence-electron chi connectivity index (χ0n) is 9.30. The van der Waals surface area contributed by atoms with Gasteiger partial charge < -0.3 is 10.6 Å². The number of hydrogen-bond acceptors (Lipinski definition) is 3. The molecule has 1 atom stereocenters. The Morgan fingerprint density at radius 3 is 3.12 bits per heavy atom. The highest BCUT2D eigenvalue weighted by atomic mass is 16.2. The minimum absolute atomic E-state index is 0.0266. The van der Waals surface area contributed by atoms with Gasteiger partial charge in [-0.2, -0.15) is 0 Å². The number of rotatable bonds is 2. The molecule has 1 aliphatic heterocycles. The number of carbonyl (C=O) groups is 1. The number of nitrogens with two attached hydrogens (primary N) is 1. The molecular weight excluding hydrogens is 202 g/mol. The molecule has 1 aliphatic rings. The van der Waals surface area contributed by atoms with E-state index in [1.807, 2.05) is 17.0 Å². The molecule has 4 nitrogen and oxygen atoms in total. The lowest BCUT2D eigenvalue weighted by molar-refractivity contribution is 0.0672. The number of nitrogens with zero attached hydrogens (tertiary/aromatic N) is 2. The van der Waals surface area contributed by atoms with Crippen LogP contribution in [-0.4, -0.2) is 35.4 Å². The van der Waals surface area contributed by atoms with Crippen LogP contribution in [0.25, 0.3) is 0 Å². The SMILES string of the molecule is NCC1CCCN(C(=O)c2ccccn2)C1. The van der Waals surface area contributed by atoms with Crippen molar-refractivity contribution in [1.29, 1.82) is 0 Å². The summed E-state index contributed by atoms with van der Waals surface area (Å²) in [6.07, 6.45) is 3.82. The van der Waals surface area contributed by atoms with Gasteiger partial charge >= 0.3 is 0 Å². The maximum Gasteiger partial charge on any atom is 0.272 e. The van der Waals surface area contributed by atoms with Crippen LogP contribution in [0.5, 0.6) is 0 Å². The zero-order valence-corrected chi connectivity index (χ0v) is 9.30. The van der Waals surface area contributed by atoms with Crippen molar-refractivity contribution in [3.05, 3.63) is 30.1 Å². The van der Waals surface area contributed by atoms with Gasteiger partial charge in [0.05, 0.1) is 0 Å².